The van der Waals surface area contributed by atoms with Crippen LogP contribution in [0.5, 0.6) is 0 Å². The Morgan fingerprint density at radius 1 is 1.33 bits per heavy atom. The van der Waals surface area contributed by atoms with Crippen molar-refractivity contribution >= 4 is 27.5 Å². The van der Waals surface area contributed by atoms with Crippen LogP contribution in [0.2, 0.25) is 0 Å². The van der Waals surface area contributed by atoms with E-state index in [0.29, 0.717) is 0 Å². The number of aryl methyl sites for hydroxylation is 3. The molecule has 5 nitrogen and oxygen atoms in total. The van der Waals surface area contributed by atoms with E-state index in [4.69, 9.17) is 0 Å². The molecule has 0 aromatic carbocycles. The fourth-order valence-electron chi connectivity index (χ4n) is 2.49. The molecule has 0 saturated carbocycles. The monoisotopic (exact) mass is 371 g/mol. The highest BCUT2D eigenvalue weighted by molar-refractivity contribution is 9.10. The summed E-state index contributed by atoms with van der Waals surface area (Å²) in [6, 6.07) is 0.239. The summed E-state index contributed by atoms with van der Waals surface area (Å²) in [5.74, 6) is 0. The van der Waals surface area contributed by atoms with Gasteiger partial charge in [0.1, 0.15) is 0 Å². The second-order valence-electron chi connectivity index (χ2n) is 4.91. The van der Waals surface area contributed by atoms with Gasteiger partial charge in [0.15, 0.2) is 0 Å². The predicted octanol–water partition coefficient (Wildman–Crippen LogP) is 3.28. The van der Waals surface area contributed by atoms with Crippen LogP contribution >= 0.6 is 27.5 Å². The Kier molecular flexibility index (Phi) is 5.89. The van der Waals surface area contributed by atoms with Crippen LogP contribution in [0.15, 0.2) is 4.47 Å². The third kappa shape index (κ3) is 3.52. The Morgan fingerprint density at radius 2 is 2.10 bits per heavy atom. The van der Waals surface area contributed by atoms with Gasteiger partial charge in [0.2, 0.25) is 0 Å². The van der Waals surface area contributed by atoms with E-state index in [9.17, 15) is 0 Å². The minimum absolute atomic E-state index is 0.239. The molecule has 0 amide bonds. The van der Waals surface area contributed by atoms with Gasteiger partial charge in [-0.15, -0.1) is 5.10 Å². The minimum atomic E-state index is 0.239. The maximum atomic E-state index is 4.58. The van der Waals surface area contributed by atoms with Crippen molar-refractivity contribution in [2.45, 2.75) is 53.1 Å². The smallest absolute Gasteiger partial charge is 0.0801 e. The zero-order valence-electron chi connectivity index (χ0n) is 13.0. The van der Waals surface area contributed by atoms with E-state index < -0.39 is 0 Å². The first-order valence-corrected chi connectivity index (χ1v) is 8.95. The molecular formula is C14H22BrN5S. The molecule has 21 heavy (non-hydrogen) atoms. The molecule has 7 heteroatoms. The summed E-state index contributed by atoms with van der Waals surface area (Å²) in [6.07, 6.45) is 1.81. The van der Waals surface area contributed by atoms with E-state index in [-0.39, 0.29) is 6.04 Å². The molecule has 0 aliphatic heterocycles. The lowest BCUT2D eigenvalue weighted by molar-refractivity contribution is 0.517. The van der Waals surface area contributed by atoms with Gasteiger partial charge in [-0.25, -0.2) is 0 Å². The number of hydrogen-bond donors (Lipinski definition) is 1. The molecule has 0 saturated heterocycles. The van der Waals surface area contributed by atoms with Gasteiger partial charge in [-0.3, -0.25) is 4.68 Å². The lowest BCUT2D eigenvalue weighted by Crippen LogP contribution is -2.24. The topological polar surface area (TPSA) is 55.6 Å². The lowest BCUT2D eigenvalue weighted by Gasteiger charge is -2.18. The third-order valence-corrected chi connectivity index (χ3v) is 5.45. The largest absolute Gasteiger partial charge is 0.309 e. The van der Waals surface area contributed by atoms with Crippen molar-refractivity contribution in [2.24, 2.45) is 0 Å². The zero-order valence-corrected chi connectivity index (χ0v) is 15.4. The highest BCUT2D eigenvalue weighted by Gasteiger charge is 2.22. The normalized spacial score (nSPS) is 12.8. The number of nitrogens with zero attached hydrogens (tertiary/aromatic N) is 4. The van der Waals surface area contributed by atoms with E-state index in [1.165, 1.54) is 22.1 Å². The van der Waals surface area contributed by atoms with Gasteiger partial charge in [-0.05, 0) is 54.3 Å². The Morgan fingerprint density at radius 3 is 2.71 bits per heavy atom. The number of aromatic nitrogens is 4. The van der Waals surface area contributed by atoms with Crippen molar-refractivity contribution in [3.63, 3.8) is 0 Å². The maximum Gasteiger partial charge on any atom is 0.0801 e. The molecule has 0 fully saturated rings. The number of halogens is 1. The number of nitrogens with one attached hydrogen (secondary N) is 1. The van der Waals surface area contributed by atoms with Crippen molar-refractivity contribution < 1.29 is 0 Å². The summed E-state index contributed by atoms with van der Waals surface area (Å²) in [6.45, 7) is 10.2. The Labute approximate surface area is 138 Å². The van der Waals surface area contributed by atoms with Crippen LogP contribution < -0.4 is 5.32 Å². The molecule has 0 aliphatic carbocycles. The van der Waals surface area contributed by atoms with Crippen molar-refractivity contribution in [1.82, 2.24) is 24.7 Å². The Hall–Kier alpha value is -0.790. The molecule has 2 aromatic rings. The summed E-state index contributed by atoms with van der Waals surface area (Å²) >= 11 is 5.18. The van der Waals surface area contributed by atoms with Gasteiger partial charge < -0.3 is 5.32 Å². The molecule has 0 aliphatic rings. The molecule has 0 spiro atoms. The summed E-state index contributed by atoms with van der Waals surface area (Å²) in [5.41, 5.74) is 3.37. The lowest BCUT2D eigenvalue weighted by atomic mass is 10.1. The van der Waals surface area contributed by atoms with Gasteiger partial charge in [-0.1, -0.05) is 18.3 Å². The molecule has 2 heterocycles. The van der Waals surface area contributed by atoms with Crippen LogP contribution in [0.4, 0.5) is 0 Å². The molecule has 2 rings (SSSR count). The summed E-state index contributed by atoms with van der Waals surface area (Å²) in [7, 11) is 0. The predicted molar refractivity (Wildman–Crippen MR) is 89.7 cm³/mol. The molecule has 1 N–H and O–H groups in total. The van der Waals surface area contributed by atoms with Crippen molar-refractivity contribution in [3.8, 4) is 0 Å². The van der Waals surface area contributed by atoms with Crippen LogP contribution in [-0.4, -0.2) is 25.9 Å². The van der Waals surface area contributed by atoms with Crippen LogP contribution in [0.1, 0.15) is 48.8 Å². The number of rotatable bonds is 7. The van der Waals surface area contributed by atoms with Crippen LogP contribution in [0.3, 0.4) is 0 Å². The van der Waals surface area contributed by atoms with Gasteiger partial charge in [0, 0.05) is 13.0 Å². The Balaban J connectivity index is 2.33. The first-order chi connectivity index (χ1) is 10.1. The number of hydrogen-bond acceptors (Lipinski definition) is 5. The fraction of sp³-hybridized carbons (Fsp3) is 0.643. The molecular weight excluding hydrogens is 350 g/mol. The van der Waals surface area contributed by atoms with Crippen molar-refractivity contribution in [3.05, 3.63) is 26.4 Å². The molecule has 0 radical (unpaired) electrons. The molecule has 0 bridgehead atoms. The van der Waals surface area contributed by atoms with E-state index >= 15 is 0 Å². The quantitative estimate of drug-likeness (QED) is 0.811. The summed E-state index contributed by atoms with van der Waals surface area (Å²) < 4.78 is 7.31. The SMILES string of the molecule is CCNC(Cc1c(Br)c(C)nn1CC)c1snnc1CC. The van der Waals surface area contributed by atoms with Crippen LogP contribution in [0, 0.1) is 6.92 Å². The minimum Gasteiger partial charge on any atom is -0.309 e. The van der Waals surface area contributed by atoms with Gasteiger partial charge in [0.05, 0.1) is 32.5 Å². The van der Waals surface area contributed by atoms with Gasteiger partial charge in [0.25, 0.3) is 0 Å². The highest BCUT2D eigenvalue weighted by atomic mass is 79.9. The fourth-order valence-corrected chi connectivity index (χ4v) is 3.74. The second-order valence-corrected chi connectivity index (χ2v) is 6.49. The van der Waals surface area contributed by atoms with E-state index in [2.05, 4.69) is 61.4 Å². The van der Waals surface area contributed by atoms with Crippen molar-refractivity contribution in [1.29, 1.82) is 0 Å². The van der Waals surface area contributed by atoms with E-state index in [0.717, 1.165) is 41.8 Å². The van der Waals surface area contributed by atoms with Crippen LogP contribution in [0.25, 0.3) is 0 Å². The second kappa shape index (κ2) is 7.47. The summed E-state index contributed by atoms with van der Waals surface area (Å²) in [4.78, 5) is 1.24. The first-order valence-electron chi connectivity index (χ1n) is 7.38. The van der Waals surface area contributed by atoms with Crippen LogP contribution in [-0.2, 0) is 19.4 Å². The Bertz CT molecular complexity index is 592. The molecule has 2 aromatic heterocycles. The first kappa shape index (κ1) is 16.6. The van der Waals surface area contributed by atoms with Crippen molar-refractivity contribution in [2.75, 3.05) is 6.54 Å². The molecule has 1 atom stereocenters. The van der Waals surface area contributed by atoms with E-state index in [1.807, 2.05) is 6.92 Å². The summed E-state index contributed by atoms with van der Waals surface area (Å²) in [5, 5.41) is 12.4. The third-order valence-electron chi connectivity index (χ3n) is 3.54. The highest BCUT2D eigenvalue weighted by Crippen LogP contribution is 2.29. The maximum absolute atomic E-state index is 4.58. The van der Waals surface area contributed by atoms with Gasteiger partial charge in [-0.2, -0.15) is 5.10 Å². The average Bonchev–Trinajstić information content (AvgIpc) is 3.06. The van der Waals surface area contributed by atoms with E-state index in [1.54, 1.807) is 0 Å². The molecule has 116 valence electrons. The standard InChI is InChI=1S/C14H22BrN5S/c1-5-10-14(21-19-17-10)11(16-6-2)8-12-13(15)9(4)18-20(12)7-3/h11,16H,5-8H2,1-4H3. The number of likely N-dealkylation sites (N-methyl/N-ethyl adjacent to an activating group) is 1. The zero-order chi connectivity index (χ0) is 15.4. The molecule has 1 unspecified atom stereocenters. The average molecular weight is 372 g/mol. The van der Waals surface area contributed by atoms with Gasteiger partial charge >= 0.3 is 0 Å².